The normalized spacial score (nSPS) is 10.3. The number of amides is 1. The first-order valence-electron chi connectivity index (χ1n) is 7.95. The maximum absolute atomic E-state index is 12.8. The number of thiophene rings is 1. The Kier molecular flexibility index (Phi) is 5.78. The zero-order valence-corrected chi connectivity index (χ0v) is 16.2. The molecular formula is C20H16ClNO4S. The van der Waals surface area contributed by atoms with Gasteiger partial charge in [0.15, 0.2) is 0 Å². The Labute approximate surface area is 165 Å². The van der Waals surface area contributed by atoms with Crippen molar-refractivity contribution in [2.75, 3.05) is 19.5 Å². The van der Waals surface area contributed by atoms with E-state index in [1.807, 2.05) is 35.7 Å². The Morgan fingerprint density at radius 1 is 1.07 bits per heavy atom. The summed E-state index contributed by atoms with van der Waals surface area (Å²) in [6, 6.07) is 14.2. The van der Waals surface area contributed by atoms with Gasteiger partial charge in [-0.25, -0.2) is 4.79 Å². The van der Waals surface area contributed by atoms with Crippen LogP contribution in [0.2, 0.25) is 5.02 Å². The molecule has 3 rings (SSSR count). The molecule has 7 heteroatoms. The second-order valence-corrected chi connectivity index (χ2v) is 6.83. The number of hydrogen-bond donors (Lipinski definition) is 1. The van der Waals surface area contributed by atoms with Gasteiger partial charge in [-0.1, -0.05) is 41.9 Å². The van der Waals surface area contributed by atoms with E-state index in [0.717, 1.165) is 5.56 Å². The van der Waals surface area contributed by atoms with Gasteiger partial charge >= 0.3 is 5.97 Å². The molecule has 0 aliphatic heterocycles. The van der Waals surface area contributed by atoms with E-state index in [1.165, 1.54) is 31.6 Å². The molecule has 1 heterocycles. The molecule has 1 amide bonds. The zero-order chi connectivity index (χ0) is 19.4. The minimum absolute atomic E-state index is 0.274. The molecule has 138 valence electrons. The summed E-state index contributed by atoms with van der Waals surface area (Å²) in [6.45, 7) is 0. The van der Waals surface area contributed by atoms with Crippen LogP contribution in [0.5, 0.6) is 5.75 Å². The summed E-state index contributed by atoms with van der Waals surface area (Å²) in [5, 5.41) is 5.39. The molecule has 0 spiro atoms. The lowest BCUT2D eigenvalue weighted by Gasteiger charge is -2.10. The first-order valence-corrected chi connectivity index (χ1v) is 9.21. The quantitative estimate of drug-likeness (QED) is 0.603. The lowest BCUT2D eigenvalue weighted by Crippen LogP contribution is -2.15. The summed E-state index contributed by atoms with van der Waals surface area (Å²) >= 11 is 7.25. The molecule has 27 heavy (non-hydrogen) atoms. The van der Waals surface area contributed by atoms with E-state index in [2.05, 4.69) is 5.32 Å². The summed E-state index contributed by atoms with van der Waals surface area (Å²) < 4.78 is 10.1. The van der Waals surface area contributed by atoms with E-state index in [-0.39, 0.29) is 5.56 Å². The van der Waals surface area contributed by atoms with Crippen LogP contribution >= 0.6 is 22.9 Å². The van der Waals surface area contributed by atoms with Crippen molar-refractivity contribution in [3.05, 3.63) is 70.1 Å². The molecular weight excluding hydrogens is 386 g/mol. The monoisotopic (exact) mass is 401 g/mol. The number of carbonyl (C=O) groups is 2. The highest BCUT2D eigenvalue weighted by Crippen LogP contribution is 2.36. The molecule has 0 saturated carbocycles. The zero-order valence-electron chi connectivity index (χ0n) is 14.6. The van der Waals surface area contributed by atoms with E-state index >= 15 is 0 Å². The number of esters is 1. The van der Waals surface area contributed by atoms with E-state index in [9.17, 15) is 9.59 Å². The Balaban J connectivity index is 2.00. The van der Waals surface area contributed by atoms with Gasteiger partial charge in [-0.05, 0) is 23.8 Å². The third kappa shape index (κ3) is 3.97. The topological polar surface area (TPSA) is 64.6 Å². The van der Waals surface area contributed by atoms with Crippen LogP contribution in [-0.2, 0) is 4.74 Å². The molecule has 1 aromatic heterocycles. The summed E-state index contributed by atoms with van der Waals surface area (Å²) in [5.74, 6) is -0.569. The van der Waals surface area contributed by atoms with E-state index in [4.69, 9.17) is 21.1 Å². The van der Waals surface area contributed by atoms with Gasteiger partial charge in [0.1, 0.15) is 16.3 Å². The molecule has 3 aromatic rings. The van der Waals surface area contributed by atoms with Crippen LogP contribution in [0.15, 0.2) is 53.9 Å². The van der Waals surface area contributed by atoms with Crippen LogP contribution in [-0.4, -0.2) is 26.1 Å². The van der Waals surface area contributed by atoms with Crippen molar-refractivity contribution in [2.45, 2.75) is 0 Å². The highest BCUT2D eigenvalue weighted by molar-refractivity contribution is 7.15. The van der Waals surface area contributed by atoms with Gasteiger partial charge in [0.05, 0.1) is 19.8 Å². The largest absolute Gasteiger partial charge is 0.496 e. The average molecular weight is 402 g/mol. The minimum atomic E-state index is -0.525. The van der Waals surface area contributed by atoms with E-state index in [1.54, 1.807) is 12.1 Å². The van der Waals surface area contributed by atoms with Crippen molar-refractivity contribution in [3.63, 3.8) is 0 Å². The SMILES string of the molecule is COC(=O)c1c(-c2ccccc2)csc1NC(=O)c1cc(Cl)ccc1OC. The van der Waals surface area contributed by atoms with Crippen LogP contribution < -0.4 is 10.1 Å². The Morgan fingerprint density at radius 2 is 1.81 bits per heavy atom. The van der Waals surface area contributed by atoms with Crippen molar-refractivity contribution in [2.24, 2.45) is 0 Å². The predicted octanol–water partition coefficient (Wildman–Crippen LogP) is 5.12. The smallest absolute Gasteiger partial charge is 0.341 e. The number of ether oxygens (including phenoxy) is 2. The molecule has 5 nitrogen and oxygen atoms in total. The minimum Gasteiger partial charge on any atom is -0.496 e. The van der Waals surface area contributed by atoms with Gasteiger partial charge in [-0.2, -0.15) is 0 Å². The molecule has 0 radical (unpaired) electrons. The summed E-state index contributed by atoms with van der Waals surface area (Å²) in [5.41, 5.74) is 2.13. The van der Waals surface area contributed by atoms with Crippen molar-refractivity contribution < 1.29 is 19.1 Å². The van der Waals surface area contributed by atoms with Gasteiger partial charge in [-0.3, -0.25) is 4.79 Å². The number of rotatable bonds is 5. The summed E-state index contributed by atoms with van der Waals surface area (Å²) in [6.07, 6.45) is 0. The van der Waals surface area contributed by atoms with E-state index in [0.29, 0.717) is 26.9 Å². The second kappa shape index (κ2) is 8.24. The van der Waals surface area contributed by atoms with Crippen LogP contribution in [0, 0.1) is 0 Å². The van der Waals surface area contributed by atoms with Crippen LogP contribution in [0.25, 0.3) is 11.1 Å². The van der Waals surface area contributed by atoms with Crippen LogP contribution in [0.1, 0.15) is 20.7 Å². The third-order valence-corrected chi connectivity index (χ3v) is 5.03. The Bertz CT molecular complexity index is 985. The number of anilines is 1. The standard InChI is InChI=1S/C20H16ClNO4S/c1-25-16-9-8-13(21)10-14(16)18(23)22-19-17(20(24)26-2)15(11-27-19)12-6-4-3-5-7-12/h3-11H,1-2H3,(H,22,23). The average Bonchev–Trinajstić information content (AvgIpc) is 3.11. The maximum Gasteiger partial charge on any atom is 0.341 e. The fourth-order valence-electron chi connectivity index (χ4n) is 2.61. The fourth-order valence-corrected chi connectivity index (χ4v) is 3.74. The Morgan fingerprint density at radius 3 is 2.48 bits per heavy atom. The van der Waals surface area contributed by atoms with Crippen molar-refractivity contribution in [1.82, 2.24) is 0 Å². The van der Waals surface area contributed by atoms with Gasteiger partial charge < -0.3 is 14.8 Å². The third-order valence-electron chi connectivity index (χ3n) is 3.90. The second-order valence-electron chi connectivity index (χ2n) is 5.51. The first kappa shape index (κ1) is 18.9. The van der Waals surface area contributed by atoms with Crippen molar-refractivity contribution in [1.29, 1.82) is 0 Å². The molecule has 1 N–H and O–H groups in total. The number of benzene rings is 2. The van der Waals surface area contributed by atoms with Crippen LogP contribution in [0.4, 0.5) is 5.00 Å². The van der Waals surface area contributed by atoms with Crippen molar-refractivity contribution in [3.8, 4) is 16.9 Å². The molecule has 0 aliphatic rings. The van der Waals surface area contributed by atoms with Gasteiger partial charge in [-0.15, -0.1) is 11.3 Å². The molecule has 0 fully saturated rings. The number of nitrogens with one attached hydrogen (secondary N) is 1. The fraction of sp³-hybridized carbons (Fsp3) is 0.100. The number of halogens is 1. The summed E-state index contributed by atoms with van der Waals surface area (Å²) in [7, 11) is 2.78. The lowest BCUT2D eigenvalue weighted by molar-refractivity contribution is 0.0603. The molecule has 0 atom stereocenters. The predicted molar refractivity (Wildman–Crippen MR) is 107 cm³/mol. The highest BCUT2D eigenvalue weighted by atomic mass is 35.5. The first-order chi connectivity index (χ1) is 13.0. The van der Waals surface area contributed by atoms with Gasteiger partial charge in [0, 0.05) is 16.0 Å². The summed E-state index contributed by atoms with van der Waals surface area (Å²) in [4.78, 5) is 25.1. The molecule has 0 saturated heterocycles. The number of carbonyl (C=O) groups excluding carboxylic acids is 2. The number of methoxy groups -OCH3 is 2. The molecule has 2 aromatic carbocycles. The van der Waals surface area contributed by atoms with Gasteiger partial charge in [0.2, 0.25) is 0 Å². The maximum atomic E-state index is 12.8. The number of hydrogen-bond acceptors (Lipinski definition) is 5. The molecule has 0 unspecified atom stereocenters. The van der Waals surface area contributed by atoms with E-state index < -0.39 is 11.9 Å². The van der Waals surface area contributed by atoms with Crippen molar-refractivity contribution >= 4 is 39.8 Å². The lowest BCUT2D eigenvalue weighted by atomic mass is 10.0. The Hall–Kier alpha value is -2.83. The molecule has 0 aliphatic carbocycles. The van der Waals surface area contributed by atoms with Crippen LogP contribution in [0.3, 0.4) is 0 Å². The van der Waals surface area contributed by atoms with Gasteiger partial charge in [0.25, 0.3) is 5.91 Å². The molecule has 0 bridgehead atoms. The highest BCUT2D eigenvalue weighted by Gasteiger charge is 2.23.